The number of carbonyl (C=O) groups excluding carboxylic acids is 1. The monoisotopic (exact) mass is 282 g/mol. The largest absolute Gasteiger partial charge is 0.490 e. The van der Waals surface area contributed by atoms with Crippen LogP contribution in [0.5, 0.6) is 5.75 Å². The molecule has 0 atom stereocenters. The molecule has 3 heteroatoms. The lowest BCUT2D eigenvalue weighted by Crippen LogP contribution is -2.19. The Balaban J connectivity index is 2.05. The number of ether oxygens (including phenoxy) is 1. The van der Waals surface area contributed by atoms with Gasteiger partial charge in [0.1, 0.15) is 5.75 Å². The zero-order valence-electron chi connectivity index (χ0n) is 9.12. The first kappa shape index (κ1) is 11.6. The maximum absolute atomic E-state index is 10.8. The van der Waals surface area contributed by atoms with Gasteiger partial charge in [-0.1, -0.05) is 22.4 Å². The summed E-state index contributed by atoms with van der Waals surface area (Å²) in [4.78, 5) is 10.8. The SMILES string of the molecule is O=Cc1cc(OC2CCCCC2)ccc1Br. The molecule has 0 spiro atoms. The fourth-order valence-corrected chi connectivity index (χ4v) is 2.40. The molecular formula is C13H15BrO2. The fourth-order valence-electron chi connectivity index (χ4n) is 2.06. The first-order chi connectivity index (χ1) is 7.79. The maximum Gasteiger partial charge on any atom is 0.151 e. The summed E-state index contributed by atoms with van der Waals surface area (Å²) in [6.45, 7) is 0. The Morgan fingerprint density at radius 1 is 1.25 bits per heavy atom. The number of benzene rings is 1. The molecule has 0 N–H and O–H groups in total. The minimum atomic E-state index is 0.328. The maximum atomic E-state index is 10.8. The molecule has 1 aliphatic carbocycles. The van der Waals surface area contributed by atoms with Gasteiger partial charge in [-0.25, -0.2) is 0 Å². The van der Waals surface area contributed by atoms with Gasteiger partial charge in [0.15, 0.2) is 6.29 Å². The van der Waals surface area contributed by atoms with Gasteiger partial charge in [0.25, 0.3) is 0 Å². The number of carbonyl (C=O) groups is 1. The van der Waals surface area contributed by atoms with Crippen molar-refractivity contribution in [1.29, 1.82) is 0 Å². The molecule has 0 aliphatic heterocycles. The third-order valence-corrected chi connectivity index (χ3v) is 3.67. The zero-order chi connectivity index (χ0) is 11.4. The minimum Gasteiger partial charge on any atom is -0.490 e. The number of hydrogen-bond donors (Lipinski definition) is 0. The lowest BCUT2D eigenvalue weighted by atomic mass is 9.98. The van der Waals surface area contributed by atoms with E-state index in [1.807, 2.05) is 12.1 Å². The third-order valence-electron chi connectivity index (χ3n) is 2.95. The van der Waals surface area contributed by atoms with Crippen molar-refractivity contribution in [3.8, 4) is 5.75 Å². The Morgan fingerprint density at radius 3 is 2.69 bits per heavy atom. The summed E-state index contributed by atoms with van der Waals surface area (Å²) in [5, 5.41) is 0. The topological polar surface area (TPSA) is 26.3 Å². The molecule has 1 aromatic rings. The van der Waals surface area contributed by atoms with Crippen LogP contribution in [0.2, 0.25) is 0 Å². The van der Waals surface area contributed by atoms with E-state index in [0.29, 0.717) is 11.7 Å². The van der Waals surface area contributed by atoms with Crippen LogP contribution in [0, 0.1) is 0 Å². The molecule has 0 bridgehead atoms. The Kier molecular flexibility index (Phi) is 3.99. The van der Waals surface area contributed by atoms with Gasteiger partial charge in [0, 0.05) is 10.0 Å². The van der Waals surface area contributed by atoms with Crippen molar-refractivity contribution in [2.75, 3.05) is 0 Å². The average Bonchev–Trinajstić information content (AvgIpc) is 2.33. The second-order valence-corrected chi connectivity index (χ2v) is 5.03. The fraction of sp³-hybridized carbons (Fsp3) is 0.462. The van der Waals surface area contributed by atoms with Gasteiger partial charge >= 0.3 is 0 Å². The van der Waals surface area contributed by atoms with Gasteiger partial charge in [0.05, 0.1) is 6.10 Å². The molecule has 0 saturated heterocycles. The van der Waals surface area contributed by atoms with Gasteiger partial charge in [0.2, 0.25) is 0 Å². The van der Waals surface area contributed by atoms with Gasteiger partial charge in [-0.2, -0.15) is 0 Å². The minimum absolute atomic E-state index is 0.328. The number of aldehydes is 1. The van der Waals surface area contributed by atoms with Gasteiger partial charge in [-0.15, -0.1) is 0 Å². The number of hydrogen-bond acceptors (Lipinski definition) is 2. The van der Waals surface area contributed by atoms with Crippen molar-refractivity contribution in [1.82, 2.24) is 0 Å². The molecule has 2 nitrogen and oxygen atoms in total. The molecule has 1 aliphatic rings. The van der Waals surface area contributed by atoms with Crippen molar-refractivity contribution < 1.29 is 9.53 Å². The Hall–Kier alpha value is -0.830. The zero-order valence-corrected chi connectivity index (χ0v) is 10.7. The van der Waals surface area contributed by atoms with E-state index in [9.17, 15) is 4.79 Å². The average molecular weight is 283 g/mol. The van der Waals surface area contributed by atoms with E-state index in [1.165, 1.54) is 19.3 Å². The van der Waals surface area contributed by atoms with Crippen molar-refractivity contribution in [3.63, 3.8) is 0 Å². The molecule has 0 amide bonds. The molecule has 2 rings (SSSR count). The smallest absolute Gasteiger partial charge is 0.151 e. The normalized spacial score (nSPS) is 17.1. The van der Waals surface area contributed by atoms with Gasteiger partial charge in [-0.05, 0) is 43.9 Å². The van der Waals surface area contributed by atoms with Crippen molar-refractivity contribution >= 4 is 22.2 Å². The van der Waals surface area contributed by atoms with Crippen LogP contribution in [-0.2, 0) is 0 Å². The van der Waals surface area contributed by atoms with Crippen molar-refractivity contribution in [2.24, 2.45) is 0 Å². The van der Waals surface area contributed by atoms with E-state index in [2.05, 4.69) is 15.9 Å². The van der Waals surface area contributed by atoms with Crippen LogP contribution >= 0.6 is 15.9 Å². The van der Waals surface area contributed by atoms with Crippen molar-refractivity contribution in [2.45, 2.75) is 38.2 Å². The van der Waals surface area contributed by atoms with Crippen LogP contribution in [0.25, 0.3) is 0 Å². The molecule has 1 aromatic carbocycles. The summed E-state index contributed by atoms with van der Waals surface area (Å²) in [6, 6.07) is 5.57. The van der Waals surface area contributed by atoms with Crippen LogP contribution in [-0.4, -0.2) is 12.4 Å². The predicted molar refractivity (Wildman–Crippen MR) is 67.0 cm³/mol. The second kappa shape index (κ2) is 5.48. The lowest BCUT2D eigenvalue weighted by Gasteiger charge is -2.23. The highest BCUT2D eigenvalue weighted by atomic mass is 79.9. The Morgan fingerprint density at radius 2 is 2.00 bits per heavy atom. The molecule has 0 aromatic heterocycles. The number of halogens is 1. The van der Waals surface area contributed by atoms with Gasteiger partial charge in [-0.3, -0.25) is 4.79 Å². The van der Waals surface area contributed by atoms with Crippen LogP contribution in [0.15, 0.2) is 22.7 Å². The molecular weight excluding hydrogens is 268 g/mol. The molecule has 86 valence electrons. The van der Waals surface area contributed by atoms with E-state index in [1.54, 1.807) is 6.07 Å². The van der Waals surface area contributed by atoms with Crippen LogP contribution in [0.3, 0.4) is 0 Å². The summed E-state index contributed by atoms with van der Waals surface area (Å²) in [6.07, 6.45) is 7.26. The molecule has 16 heavy (non-hydrogen) atoms. The molecule has 0 unspecified atom stereocenters. The highest BCUT2D eigenvalue weighted by Crippen LogP contribution is 2.26. The summed E-state index contributed by atoms with van der Waals surface area (Å²) in [7, 11) is 0. The molecule has 1 fully saturated rings. The lowest BCUT2D eigenvalue weighted by molar-refractivity contribution is 0.112. The summed E-state index contributed by atoms with van der Waals surface area (Å²) >= 11 is 3.33. The Labute approximate surface area is 104 Å². The van der Waals surface area contributed by atoms with Crippen LogP contribution in [0.4, 0.5) is 0 Å². The van der Waals surface area contributed by atoms with E-state index in [4.69, 9.17) is 4.74 Å². The summed E-state index contributed by atoms with van der Waals surface area (Å²) < 4.78 is 6.69. The van der Waals surface area contributed by atoms with Crippen molar-refractivity contribution in [3.05, 3.63) is 28.2 Å². The standard InChI is InChI=1S/C13H15BrO2/c14-13-7-6-12(8-10(13)9-15)16-11-4-2-1-3-5-11/h6-9,11H,1-5H2. The first-order valence-corrected chi connectivity index (χ1v) is 6.50. The second-order valence-electron chi connectivity index (χ2n) is 4.18. The molecule has 0 radical (unpaired) electrons. The first-order valence-electron chi connectivity index (χ1n) is 5.71. The summed E-state index contributed by atoms with van der Waals surface area (Å²) in [5.41, 5.74) is 0.647. The molecule has 1 saturated carbocycles. The Bertz CT molecular complexity index is 370. The molecule has 0 heterocycles. The third kappa shape index (κ3) is 2.85. The van der Waals surface area contributed by atoms with Crippen LogP contribution in [0.1, 0.15) is 42.5 Å². The quantitative estimate of drug-likeness (QED) is 0.784. The van der Waals surface area contributed by atoms with E-state index in [0.717, 1.165) is 29.4 Å². The predicted octanol–water partition coefficient (Wildman–Crippen LogP) is 3.97. The van der Waals surface area contributed by atoms with Crippen LogP contribution < -0.4 is 4.74 Å². The highest BCUT2D eigenvalue weighted by molar-refractivity contribution is 9.10. The van der Waals surface area contributed by atoms with E-state index < -0.39 is 0 Å². The summed E-state index contributed by atoms with van der Waals surface area (Å²) in [5.74, 6) is 0.803. The highest BCUT2D eigenvalue weighted by Gasteiger charge is 2.15. The number of rotatable bonds is 3. The van der Waals surface area contributed by atoms with E-state index in [-0.39, 0.29) is 0 Å². The van der Waals surface area contributed by atoms with Gasteiger partial charge < -0.3 is 4.74 Å². The van der Waals surface area contributed by atoms with E-state index >= 15 is 0 Å².